The van der Waals surface area contributed by atoms with Crippen molar-refractivity contribution < 1.29 is 26.8 Å². The first-order chi connectivity index (χ1) is 20.0. The van der Waals surface area contributed by atoms with Gasteiger partial charge in [0.1, 0.15) is 11.6 Å². The van der Waals surface area contributed by atoms with Crippen molar-refractivity contribution in [3.8, 4) is 0 Å². The number of primary amides is 1. The molecule has 2 aliphatic rings. The van der Waals surface area contributed by atoms with Gasteiger partial charge in [0.2, 0.25) is 5.91 Å². The van der Waals surface area contributed by atoms with Crippen LogP contribution in [0.25, 0.3) is 0 Å². The lowest BCUT2D eigenvalue weighted by Crippen LogP contribution is -2.42. The minimum Gasteiger partial charge on any atom is -0.369 e. The molecule has 9 nitrogen and oxygen atoms in total. The van der Waals surface area contributed by atoms with Crippen molar-refractivity contribution in [3.63, 3.8) is 0 Å². The number of hydrogen-bond acceptors (Lipinski definition) is 6. The molecule has 0 bridgehead atoms. The summed E-state index contributed by atoms with van der Waals surface area (Å²) in [6.45, 7) is 2.88. The number of hydrogen-bond donors (Lipinski definition) is 2. The number of nitrogens with two attached hydrogens (primary N) is 1. The summed E-state index contributed by atoms with van der Waals surface area (Å²) < 4.78 is 55.4. The Morgan fingerprint density at radius 2 is 1.55 bits per heavy atom. The Bertz CT molecular complexity index is 1580. The molecule has 2 amide bonds. The number of rotatable bonds is 7. The topological polar surface area (TPSA) is 126 Å². The van der Waals surface area contributed by atoms with Crippen LogP contribution in [0, 0.1) is 24.5 Å². The quantitative estimate of drug-likeness (QED) is 0.418. The molecule has 0 spiro atoms. The molecule has 2 fully saturated rings. The number of benzene rings is 2. The van der Waals surface area contributed by atoms with Gasteiger partial charge >= 0.3 is 0 Å². The van der Waals surface area contributed by atoms with E-state index in [4.69, 9.17) is 5.73 Å². The fourth-order valence-corrected chi connectivity index (χ4v) is 7.01. The first kappa shape index (κ1) is 29.6. The number of pyridine rings is 1. The van der Waals surface area contributed by atoms with E-state index in [9.17, 15) is 26.8 Å². The van der Waals surface area contributed by atoms with Crippen LogP contribution < -0.4 is 11.1 Å². The Balaban J connectivity index is 1.41. The van der Waals surface area contributed by atoms with Gasteiger partial charge in [-0.05, 0) is 80.0 Å². The number of aromatic nitrogens is 1. The third-order valence-corrected chi connectivity index (χ3v) is 9.95. The third kappa shape index (κ3) is 6.29. The van der Waals surface area contributed by atoms with Crippen LogP contribution in [0.1, 0.15) is 53.1 Å². The van der Waals surface area contributed by atoms with E-state index >= 15 is 0 Å². The van der Waals surface area contributed by atoms with Gasteiger partial charge in [-0.25, -0.2) is 22.2 Å². The molecule has 0 atom stereocenters. The van der Waals surface area contributed by atoms with Crippen LogP contribution in [0.4, 0.5) is 20.2 Å². The number of halogens is 2. The summed E-state index contributed by atoms with van der Waals surface area (Å²) in [6, 6.07) is 11.9. The highest BCUT2D eigenvalue weighted by Crippen LogP contribution is 2.32. The molecule has 0 unspecified atom stereocenters. The number of aryl methyl sites for hydroxylation is 1. The van der Waals surface area contributed by atoms with Crippen molar-refractivity contribution >= 4 is 33.2 Å². The Labute approximate surface area is 243 Å². The lowest BCUT2D eigenvalue weighted by atomic mass is 9.89. The molecular formula is C30H33F2N5O4S. The highest BCUT2D eigenvalue weighted by Gasteiger charge is 2.33. The summed E-state index contributed by atoms with van der Waals surface area (Å²) in [4.78, 5) is 31.2. The second-order valence-electron chi connectivity index (χ2n) is 10.9. The van der Waals surface area contributed by atoms with Crippen LogP contribution >= 0.6 is 0 Å². The summed E-state index contributed by atoms with van der Waals surface area (Å²) in [5.41, 5.74) is 7.92. The van der Waals surface area contributed by atoms with Gasteiger partial charge < -0.3 is 16.0 Å². The van der Waals surface area contributed by atoms with Crippen molar-refractivity contribution in [1.82, 2.24) is 14.2 Å². The largest absolute Gasteiger partial charge is 0.369 e. The van der Waals surface area contributed by atoms with E-state index in [1.807, 2.05) is 0 Å². The Morgan fingerprint density at radius 1 is 0.905 bits per heavy atom. The maximum Gasteiger partial charge on any atom is 0.260 e. The lowest BCUT2D eigenvalue weighted by Gasteiger charge is -2.33. The predicted molar refractivity (Wildman–Crippen MR) is 154 cm³/mol. The number of nitrogens with one attached hydrogen (secondary N) is 1. The molecule has 42 heavy (non-hydrogen) atoms. The molecule has 2 aromatic carbocycles. The predicted octanol–water partition coefficient (Wildman–Crippen LogP) is 4.32. The zero-order chi connectivity index (χ0) is 30.0. The van der Waals surface area contributed by atoms with Gasteiger partial charge in [0.15, 0.2) is 5.03 Å². The molecule has 3 N–H and O–H groups in total. The maximum absolute atomic E-state index is 13.8. The number of carbonyl (C=O) groups excluding carboxylic acids is 2. The zero-order valence-electron chi connectivity index (χ0n) is 23.2. The molecular weight excluding hydrogens is 564 g/mol. The van der Waals surface area contributed by atoms with E-state index in [1.54, 1.807) is 24.0 Å². The fraction of sp³-hybridized carbons (Fsp3) is 0.367. The minimum atomic E-state index is -4.03. The Morgan fingerprint density at radius 3 is 2.17 bits per heavy atom. The molecule has 3 heterocycles. The normalized spacial score (nSPS) is 17.3. The third-order valence-electron chi connectivity index (χ3n) is 8.15. The number of likely N-dealkylation sites (tertiary alicyclic amines) is 1. The van der Waals surface area contributed by atoms with E-state index in [0.29, 0.717) is 50.0 Å². The molecule has 12 heteroatoms. The van der Waals surface area contributed by atoms with Gasteiger partial charge in [-0.3, -0.25) is 9.59 Å². The first-order valence-corrected chi connectivity index (χ1v) is 15.3. The van der Waals surface area contributed by atoms with E-state index in [2.05, 4.69) is 10.3 Å². The highest BCUT2D eigenvalue weighted by molar-refractivity contribution is 7.89. The molecule has 0 aliphatic carbocycles. The number of amides is 2. The molecule has 3 aromatic rings. The lowest BCUT2D eigenvalue weighted by molar-refractivity contribution is -0.122. The number of piperidine rings is 2. The minimum absolute atomic E-state index is 0.126. The van der Waals surface area contributed by atoms with Gasteiger partial charge in [0, 0.05) is 50.0 Å². The van der Waals surface area contributed by atoms with E-state index in [-0.39, 0.29) is 52.9 Å². The number of sulfonamides is 1. The smallest absolute Gasteiger partial charge is 0.260 e. The van der Waals surface area contributed by atoms with Crippen LogP contribution in [-0.4, -0.2) is 60.6 Å². The monoisotopic (exact) mass is 597 g/mol. The molecule has 0 saturated carbocycles. The number of anilines is 2. The van der Waals surface area contributed by atoms with Crippen molar-refractivity contribution in [3.05, 3.63) is 83.1 Å². The maximum atomic E-state index is 13.8. The molecule has 2 aliphatic heterocycles. The van der Waals surface area contributed by atoms with Crippen molar-refractivity contribution in [1.29, 1.82) is 0 Å². The summed E-state index contributed by atoms with van der Waals surface area (Å²) in [5.74, 6) is -1.66. The van der Waals surface area contributed by atoms with Gasteiger partial charge in [-0.15, -0.1) is 0 Å². The molecule has 1 aromatic heterocycles. The standard InChI is InChI=1S/C30H33F2N5O4S/c1-19-16-24(32)6-7-26(19)35-27-17-28(42(40,41)37-14-10-22(11-15-37)29(33)38)34-18-25(27)30(39)36-12-8-21(9-13-36)20-2-4-23(31)5-3-20/h2-7,16-18,21-22H,8-15H2,1H3,(H2,33,38)(H,34,35). The van der Waals surface area contributed by atoms with Crippen LogP contribution in [-0.2, 0) is 14.8 Å². The average Bonchev–Trinajstić information content (AvgIpc) is 2.98. The van der Waals surface area contributed by atoms with E-state index < -0.39 is 21.7 Å². The molecule has 2 saturated heterocycles. The second-order valence-corrected chi connectivity index (χ2v) is 12.7. The second kappa shape index (κ2) is 12.1. The fourth-order valence-electron chi connectivity index (χ4n) is 5.60. The summed E-state index contributed by atoms with van der Waals surface area (Å²) >= 11 is 0. The van der Waals surface area contributed by atoms with Crippen molar-refractivity contribution in [2.24, 2.45) is 11.7 Å². The van der Waals surface area contributed by atoms with Gasteiger partial charge in [0.25, 0.3) is 15.9 Å². The first-order valence-electron chi connectivity index (χ1n) is 13.9. The van der Waals surface area contributed by atoms with Gasteiger partial charge in [0.05, 0.1) is 11.3 Å². The Hall–Kier alpha value is -3.90. The van der Waals surface area contributed by atoms with Gasteiger partial charge in [-0.1, -0.05) is 12.1 Å². The van der Waals surface area contributed by atoms with E-state index in [0.717, 1.165) is 5.56 Å². The summed E-state index contributed by atoms with van der Waals surface area (Å²) in [5, 5.41) is 2.89. The van der Waals surface area contributed by atoms with Crippen LogP contribution in [0.15, 0.2) is 59.8 Å². The van der Waals surface area contributed by atoms with Crippen LogP contribution in [0.5, 0.6) is 0 Å². The highest BCUT2D eigenvalue weighted by atomic mass is 32.2. The zero-order valence-corrected chi connectivity index (χ0v) is 24.0. The Kier molecular flexibility index (Phi) is 8.55. The molecule has 222 valence electrons. The van der Waals surface area contributed by atoms with Crippen LogP contribution in [0.2, 0.25) is 0 Å². The van der Waals surface area contributed by atoms with Crippen molar-refractivity contribution in [2.75, 3.05) is 31.5 Å². The molecule has 0 radical (unpaired) electrons. The average molecular weight is 598 g/mol. The van der Waals surface area contributed by atoms with Crippen LogP contribution in [0.3, 0.4) is 0 Å². The van der Waals surface area contributed by atoms with E-state index in [1.165, 1.54) is 46.9 Å². The SMILES string of the molecule is Cc1cc(F)ccc1Nc1cc(S(=O)(=O)N2CCC(C(N)=O)CC2)ncc1C(=O)N1CCC(c2ccc(F)cc2)CC1. The number of carbonyl (C=O) groups is 2. The van der Waals surface area contributed by atoms with Crippen molar-refractivity contribution in [2.45, 2.75) is 43.6 Å². The summed E-state index contributed by atoms with van der Waals surface area (Å²) in [7, 11) is -4.03. The summed E-state index contributed by atoms with van der Waals surface area (Å²) in [6.07, 6.45) is 3.28. The van der Waals surface area contributed by atoms with Gasteiger partial charge in [-0.2, -0.15) is 4.31 Å². The number of nitrogens with zero attached hydrogens (tertiary/aromatic N) is 3. The molecule has 5 rings (SSSR count).